The summed E-state index contributed by atoms with van der Waals surface area (Å²) in [6, 6.07) is 4.15. The second kappa shape index (κ2) is 4.38. The molecule has 3 heterocycles. The van der Waals surface area contributed by atoms with E-state index in [0.717, 1.165) is 16.8 Å². The van der Waals surface area contributed by atoms with Crippen LogP contribution < -0.4 is 0 Å². The van der Waals surface area contributed by atoms with Crippen molar-refractivity contribution in [2.45, 2.75) is 18.8 Å². The minimum absolute atomic E-state index is 0.555. The third kappa shape index (κ3) is 2.21. The Labute approximate surface area is 109 Å². The minimum Gasteiger partial charge on any atom is -0.306 e. The third-order valence-electron chi connectivity index (χ3n) is 3.35. The molecule has 0 saturated carbocycles. The average molecular weight is 295 g/mol. The Morgan fingerprint density at radius 2 is 2.29 bits per heavy atom. The van der Waals surface area contributed by atoms with Gasteiger partial charge in [0.15, 0.2) is 5.65 Å². The normalized spacial score (nSPS) is 22.1. The van der Waals surface area contributed by atoms with E-state index in [1.54, 1.807) is 0 Å². The van der Waals surface area contributed by atoms with Gasteiger partial charge in [-0.3, -0.25) is 0 Å². The van der Waals surface area contributed by atoms with Gasteiger partial charge in [-0.15, -0.1) is 0 Å². The minimum atomic E-state index is 0.555. The van der Waals surface area contributed by atoms with Crippen molar-refractivity contribution in [2.24, 2.45) is 0 Å². The first kappa shape index (κ1) is 11.2. The Balaban J connectivity index is 1.94. The van der Waals surface area contributed by atoms with Gasteiger partial charge in [-0.1, -0.05) is 0 Å². The van der Waals surface area contributed by atoms with Crippen molar-refractivity contribution in [3.8, 4) is 0 Å². The van der Waals surface area contributed by atoms with Crippen molar-refractivity contribution < 1.29 is 0 Å². The van der Waals surface area contributed by atoms with Gasteiger partial charge in [-0.2, -0.15) is 5.10 Å². The summed E-state index contributed by atoms with van der Waals surface area (Å²) in [5, 5.41) is 4.65. The summed E-state index contributed by atoms with van der Waals surface area (Å²) in [6.07, 6.45) is 4.40. The molecule has 1 fully saturated rings. The molecule has 0 N–H and O–H groups in total. The maximum Gasteiger partial charge on any atom is 0.154 e. The Kier molecular flexibility index (Phi) is 2.88. The van der Waals surface area contributed by atoms with Crippen LogP contribution in [0.15, 0.2) is 22.9 Å². The second-order valence-electron chi connectivity index (χ2n) is 4.73. The molecule has 0 bridgehead atoms. The zero-order valence-corrected chi connectivity index (χ0v) is 11.4. The largest absolute Gasteiger partial charge is 0.306 e. The van der Waals surface area contributed by atoms with E-state index in [1.807, 2.05) is 16.8 Å². The molecule has 4 nitrogen and oxygen atoms in total. The SMILES string of the molecule is CN1CCCC(c2ccc3nc(Br)cn3n2)C1. The smallest absolute Gasteiger partial charge is 0.154 e. The van der Waals surface area contributed by atoms with Crippen molar-refractivity contribution in [3.63, 3.8) is 0 Å². The molecule has 0 spiro atoms. The van der Waals surface area contributed by atoms with E-state index >= 15 is 0 Å². The number of aromatic nitrogens is 3. The number of likely N-dealkylation sites (N-methyl/N-ethyl adjacent to an activating group) is 1. The maximum absolute atomic E-state index is 4.65. The van der Waals surface area contributed by atoms with E-state index in [2.05, 4.69) is 44.0 Å². The fourth-order valence-electron chi connectivity index (χ4n) is 2.49. The van der Waals surface area contributed by atoms with E-state index in [-0.39, 0.29) is 0 Å². The fraction of sp³-hybridized carbons (Fsp3) is 0.500. The Morgan fingerprint density at radius 3 is 3.12 bits per heavy atom. The number of hydrogen-bond acceptors (Lipinski definition) is 3. The molecule has 17 heavy (non-hydrogen) atoms. The van der Waals surface area contributed by atoms with Gasteiger partial charge in [0.2, 0.25) is 0 Å². The summed E-state index contributed by atoms with van der Waals surface area (Å²) in [5.41, 5.74) is 2.07. The number of fused-ring (bicyclic) bond motifs is 1. The molecule has 3 rings (SSSR count). The van der Waals surface area contributed by atoms with Gasteiger partial charge in [-0.05, 0) is 54.5 Å². The highest BCUT2D eigenvalue weighted by Crippen LogP contribution is 2.24. The van der Waals surface area contributed by atoms with Crippen LogP contribution in [0.2, 0.25) is 0 Å². The molecule has 90 valence electrons. The van der Waals surface area contributed by atoms with E-state index in [4.69, 9.17) is 0 Å². The molecule has 1 saturated heterocycles. The lowest BCUT2D eigenvalue weighted by molar-refractivity contribution is 0.247. The van der Waals surface area contributed by atoms with Gasteiger partial charge in [0.1, 0.15) is 4.60 Å². The molecule has 0 amide bonds. The van der Waals surface area contributed by atoms with Crippen LogP contribution in [0.5, 0.6) is 0 Å². The topological polar surface area (TPSA) is 33.4 Å². The summed E-state index contributed by atoms with van der Waals surface area (Å²) in [7, 11) is 2.18. The highest BCUT2D eigenvalue weighted by Gasteiger charge is 2.20. The van der Waals surface area contributed by atoms with Crippen LogP contribution in [0, 0.1) is 0 Å². The summed E-state index contributed by atoms with van der Waals surface area (Å²) < 4.78 is 2.69. The maximum atomic E-state index is 4.65. The van der Waals surface area contributed by atoms with Crippen LogP contribution in [0.1, 0.15) is 24.5 Å². The van der Waals surface area contributed by atoms with E-state index < -0.39 is 0 Å². The number of imidazole rings is 1. The second-order valence-corrected chi connectivity index (χ2v) is 5.54. The molecule has 1 unspecified atom stereocenters. The first-order valence-electron chi connectivity index (χ1n) is 5.93. The average Bonchev–Trinajstić information content (AvgIpc) is 2.68. The number of hydrogen-bond donors (Lipinski definition) is 0. The first-order chi connectivity index (χ1) is 8.22. The Morgan fingerprint density at radius 1 is 1.41 bits per heavy atom. The molecule has 0 aliphatic carbocycles. The monoisotopic (exact) mass is 294 g/mol. The van der Waals surface area contributed by atoms with Gasteiger partial charge in [-0.25, -0.2) is 9.50 Å². The predicted octanol–water partition coefficient (Wildman–Crippen LogP) is 2.30. The Bertz CT molecular complexity index is 536. The van der Waals surface area contributed by atoms with Gasteiger partial charge in [0.25, 0.3) is 0 Å². The first-order valence-corrected chi connectivity index (χ1v) is 6.72. The standard InChI is InChI=1S/C12H15BrN4/c1-16-6-2-3-9(7-16)10-4-5-12-14-11(13)8-17(12)15-10/h4-5,8-9H,2-3,6-7H2,1H3. The highest BCUT2D eigenvalue weighted by atomic mass is 79.9. The highest BCUT2D eigenvalue weighted by molar-refractivity contribution is 9.10. The zero-order valence-electron chi connectivity index (χ0n) is 9.80. The van der Waals surface area contributed by atoms with Crippen molar-refractivity contribution >= 4 is 21.6 Å². The van der Waals surface area contributed by atoms with E-state index in [0.29, 0.717) is 5.92 Å². The number of rotatable bonds is 1. The molecular formula is C12H15BrN4. The van der Waals surface area contributed by atoms with Crippen LogP contribution >= 0.6 is 15.9 Å². The van der Waals surface area contributed by atoms with Crippen LogP contribution in [0.25, 0.3) is 5.65 Å². The van der Waals surface area contributed by atoms with Crippen molar-refractivity contribution in [1.82, 2.24) is 19.5 Å². The Hall–Kier alpha value is -0.940. The lowest BCUT2D eigenvalue weighted by atomic mass is 9.95. The van der Waals surface area contributed by atoms with E-state index in [1.165, 1.54) is 25.1 Å². The summed E-state index contributed by atoms with van der Waals surface area (Å²) >= 11 is 3.37. The van der Waals surface area contributed by atoms with Crippen molar-refractivity contribution in [2.75, 3.05) is 20.1 Å². The quantitative estimate of drug-likeness (QED) is 0.809. The van der Waals surface area contributed by atoms with Gasteiger partial charge in [0, 0.05) is 12.5 Å². The molecule has 2 aromatic rings. The summed E-state index contributed by atoms with van der Waals surface area (Å²) in [4.78, 5) is 6.70. The van der Waals surface area contributed by atoms with Crippen molar-refractivity contribution in [3.05, 3.63) is 28.6 Å². The lowest BCUT2D eigenvalue weighted by Gasteiger charge is -2.29. The molecule has 1 atom stereocenters. The van der Waals surface area contributed by atoms with E-state index in [9.17, 15) is 0 Å². The lowest BCUT2D eigenvalue weighted by Crippen LogP contribution is -2.31. The number of likely N-dealkylation sites (tertiary alicyclic amines) is 1. The molecule has 5 heteroatoms. The number of halogens is 1. The van der Waals surface area contributed by atoms with Gasteiger partial charge in [0.05, 0.1) is 11.9 Å². The van der Waals surface area contributed by atoms with Crippen LogP contribution in [-0.4, -0.2) is 39.6 Å². The molecule has 0 radical (unpaired) electrons. The van der Waals surface area contributed by atoms with Crippen LogP contribution in [0.3, 0.4) is 0 Å². The molecule has 2 aromatic heterocycles. The molecule has 1 aliphatic heterocycles. The fourth-order valence-corrected chi connectivity index (χ4v) is 2.87. The number of piperidine rings is 1. The number of nitrogens with zero attached hydrogens (tertiary/aromatic N) is 4. The summed E-state index contributed by atoms with van der Waals surface area (Å²) in [5.74, 6) is 0.555. The molecule has 1 aliphatic rings. The molecular weight excluding hydrogens is 280 g/mol. The summed E-state index contributed by atoms with van der Waals surface area (Å²) in [6.45, 7) is 2.31. The third-order valence-corrected chi connectivity index (χ3v) is 3.74. The predicted molar refractivity (Wildman–Crippen MR) is 70.2 cm³/mol. The van der Waals surface area contributed by atoms with Gasteiger partial charge < -0.3 is 4.90 Å². The van der Waals surface area contributed by atoms with Crippen LogP contribution in [0.4, 0.5) is 0 Å². The zero-order chi connectivity index (χ0) is 11.8. The van der Waals surface area contributed by atoms with Gasteiger partial charge >= 0.3 is 0 Å². The van der Waals surface area contributed by atoms with Crippen LogP contribution in [-0.2, 0) is 0 Å². The molecule has 0 aromatic carbocycles. The van der Waals surface area contributed by atoms with Crippen molar-refractivity contribution in [1.29, 1.82) is 0 Å².